The van der Waals surface area contributed by atoms with Gasteiger partial charge in [-0.15, -0.1) is 12.4 Å². The van der Waals surface area contributed by atoms with Gasteiger partial charge in [-0.2, -0.15) is 11.8 Å². The van der Waals surface area contributed by atoms with Gasteiger partial charge in [0, 0.05) is 55.8 Å². The topological polar surface area (TPSA) is 82.7 Å². The van der Waals surface area contributed by atoms with Crippen LogP contribution in [0.25, 0.3) is 10.9 Å². The number of likely N-dealkylation sites (tertiary alicyclic amines) is 2. The van der Waals surface area contributed by atoms with E-state index in [9.17, 15) is 9.18 Å². The fourth-order valence-electron chi connectivity index (χ4n) is 6.33. The second kappa shape index (κ2) is 13.5. The highest BCUT2D eigenvalue weighted by Gasteiger charge is 2.37. The zero-order chi connectivity index (χ0) is 25.9. The van der Waals surface area contributed by atoms with Gasteiger partial charge in [-0.25, -0.2) is 9.37 Å². The molecule has 0 saturated carbocycles. The van der Waals surface area contributed by atoms with Crippen LogP contribution in [0.2, 0.25) is 0 Å². The minimum absolute atomic E-state index is 0. The lowest BCUT2D eigenvalue weighted by Gasteiger charge is -2.51. The fraction of sp³-hybridized carbons (Fsp3) is 0.714. The minimum atomic E-state index is -0.576. The number of aromatic nitrogens is 2. The second-order valence-electron chi connectivity index (χ2n) is 11.3. The van der Waals surface area contributed by atoms with Crippen LogP contribution in [0, 0.1) is 11.7 Å². The first kappa shape index (κ1) is 29.1. The summed E-state index contributed by atoms with van der Waals surface area (Å²) in [6.07, 6.45) is 6.78. The van der Waals surface area contributed by atoms with E-state index in [-0.39, 0.29) is 17.8 Å². The number of aromatic amines is 1. The molecule has 0 amide bonds. The van der Waals surface area contributed by atoms with Crippen molar-refractivity contribution in [1.29, 1.82) is 0 Å². The van der Waals surface area contributed by atoms with Crippen LogP contribution in [-0.4, -0.2) is 96.2 Å². The number of hydrogen-bond donors (Lipinski definition) is 2. The lowest BCUT2D eigenvalue weighted by molar-refractivity contribution is -0.0194. The van der Waals surface area contributed by atoms with E-state index in [2.05, 4.69) is 25.1 Å². The molecule has 8 nitrogen and oxygen atoms in total. The third-order valence-electron chi connectivity index (χ3n) is 8.77. The zero-order valence-electron chi connectivity index (χ0n) is 22.5. The van der Waals surface area contributed by atoms with E-state index in [1.54, 1.807) is 17.8 Å². The van der Waals surface area contributed by atoms with E-state index in [1.807, 2.05) is 0 Å². The Morgan fingerprint density at radius 1 is 1.03 bits per heavy atom. The van der Waals surface area contributed by atoms with Gasteiger partial charge in [-0.1, -0.05) is 0 Å². The van der Waals surface area contributed by atoms with E-state index >= 15 is 0 Å². The van der Waals surface area contributed by atoms with E-state index in [0.29, 0.717) is 46.7 Å². The summed E-state index contributed by atoms with van der Waals surface area (Å²) in [6.45, 7) is 9.08. The maximum absolute atomic E-state index is 14.9. The van der Waals surface area contributed by atoms with Gasteiger partial charge >= 0.3 is 0 Å². The van der Waals surface area contributed by atoms with Gasteiger partial charge in [0.1, 0.15) is 22.8 Å². The normalized spacial score (nSPS) is 23.0. The quantitative estimate of drug-likeness (QED) is 0.491. The van der Waals surface area contributed by atoms with Gasteiger partial charge in [0.2, 0.25) is 0 Å². The number of nitrogens with one attached hydrogen (secondary N) is 2. The zero-order valence-corrected chi connectivity index (χ0v) is 24.2. The standard InChI is InChI=1S/C28H40FN5O3S.ClH/c29-24-13-22(14-25-27(24)28(35)32-26(31-25)18-38-23-5-11-36-12-6-23)37-17-19-3-9-33(10-4-19)21-15-34(16-21)20-1-7-30-8-2-20;/h13-14,19-21,23,30H,1-12,15-18H2,(H,31,32,35);1H. The molecule has 0 bridgehead atoms. The molecule has 4 fully saturated rings. The lowest BCUT2D eigenvalue weighted by atomic mass is 9.93. The van der Waals surface area contributed by atoms with Gasteiger partial charge in [0.25, 0.3) is 5.56 Å². The molecule has 6 rings (SSSR count). The summed E-state index contributed by atoms with van der Waals surface area (Å²) in [5, 5.41) is 3.97. The molecule has 2 aromatic rings. The Labute approximate surface area is 240 Å². The Kier molecular flexibility index (Phi) is 10.1. The number of ether oxygens (including phenoxy) is 2. The van der Waals surface area contributed by atoms with Crippen LogP contribution in [0.1, 0.15) is 44.3 Å². The summed E-state index contributed by atoms with van der Waals surface area (Å²) in [6, 6.07) is 4.51. The van der Waals surface area contributed by atoms with E-state index in [1.165, 1.54) is 32.0 Å². The van der Waals surface area contributed by atoms with Crippen molar-refractivity contribution in [2.45, 2.75) is 61.6 Å². The van der Waals surface area contributed by atoms with Crippen molar-refractivity contribution in [3.8, 4) is 5.75 Å². The molecule has 216 valence electrons. The molecule has 11 heteroatoms. The number of H-pyrrole nitrogens is 1. The molecule has 0 radical (unpaired) electrons. The van der Waals surface area contributed by atoms with Crippen molar-refractivity contribution >= 4 is 35.1 Å². The maximum atomic E-state index is 14.9. The molecule has 0 atom stereocenters. The number of benzene rings is 1. The van der Waals surface area contributed by atoms with Gasteiger partial charge in [-0.05, 0) is 70.6 Å². The Hall–Kier alpha value is -1.43. The Morgan fingerprint density at radius 2 is 1.77 bits per heavy atom. The minimum Gasteiger partial charge on any atom is -0.493 e. The van der Waals surface area contributed by atoms with Gasteiger partial charge in [-0.3, -0.25) is 14.6 Å². The smallest absolute Gasteiger partial charge is 0.261 e. The van der Waals surface area contributed by atoms with Crippen molar-refractivity contribution in [2.24, 2.45) is 5.92 Å². The predicted molar refractivity (Wildman–Crippen MR) is 156 cm³/mol. The predicted octanol–water partition coefficient (Wildman–Crippen LogP) is 3.42. The summed E-state index contributed by atoms with van der Waals surface area (Å²) < 4.78 is 26.3. The van der Waals surface area contributed by atoms with Crippen molar-refractivity contribution in [1.82, 2.24) is 25.1 Å². The largest absolute Gasteiger partial charge is 0.493 e. The van der Waals surface area contributed by atoms with E-state index < -0.39 is 11.4 Å². The van der Waals surface area contributed by atoms with Crippen LogP contribution in [0.3, 0.4) is 0 Å². The van der Waals surface area contributed by atoms with Gasteiger partial charge < -0.3 is 19.8 Å². The molecule has 1 aromatic carbocycles. The Bertz CT molecular complexity index is 1150. The van der Waals surface area contributed by atoms with Crippen molar-refractivity contribution in [3.05, 3.63) is 34.1 Å². The molecule has 2 N–H and O–H groups in total. The number of rotatable bonds is 8. The second-order valence-corrected chi connectivity index (χ2v) is 12.6. The molecular weight excluding hydrogens is 541 g/mol. The highest BCUT2D eigenvalue weighted by molar-refractivity contribution is 7.99. The highest BCUT2D eigenvalue weighted by Crippen LogP contribution is 2.29. The fourth-order valence-corrected chi connectivity index (χ4v) is 7.38. The SMILES string of the molecule is Cl.O=c1[nH]c(CSC2CCOCC2)nc2cc(OCC3CCN(C4CN(C5CCNCC5)C4)CC3)cc(F)c12. The molecular formula is C28H41ClFN5O3S. The number of thioether (sulfide) groups is 1. The van der Waals surface area contributed by atoms with Crippen LogP contribution in [-0.2, 0) is 10.5 Å². The first-order valence-corrected chi connectivity index (χ1v) is 15.4. The molecule has 0 aliphatic carbocycles. The first-order chi connectivity index (χ1) is 18.6. The lowest BCUT2D eigenvalue weighted by Crippen LogP contribution is -2.64. The summed E-state index contributed by atoms with van der Waals surface area (Å²) in [7, 11) is 0. The van der Waals surface area contributed by atoms with Crippen molar-refractivity contribution in [3.63, 3.8) is 0 Å². The van der Waals surface area contributed by atoms with Crippen molar-refractivity contribution in [2.75, 3.05) is 59.1 Å². The summed E-state index contributed by atoms with van der Waals surface area (Å²) in [5.74, 6) is 1.52. The van der Waals surface area contributed by atoms with Gasteiger partial charge in [0.05, 0.1) is 17.9 Å². The average Bonchev–Trinajstić information content (AvgIpc) is 2.91. The molecule has 1 aromatic heterocycles. The summed E-state index contributed by atoms with van der Waals surface area (Å²) in [5.41, 5.74) is -0.0619. The Morgan fingerprint density at radius 3 is 2.51 bits per heavy atom. The number of hydrogen-bond acceptors (Lipinski definition) is 8. The monoisotopic (exact) mass is 581 g/mol. The molecule has 5 heterocycles. The molecule has 0 unspecified atom stereocenters. The van der Waals surface area contributed by atoms with Crippen LogP contribution in [0.15, 0.2) is 16.9 Å². The molecule has 4 aliphatic heterocycles. The van der Waals surface area contributed by atoms with Crippen molar-refractivity contribution < 1.29 is 13.9 Å². The van der Waals surface area contributed by atoms with Crippen LogP contribution < -0.4 is 15.6 Å². The number of fused-ring (bicyclic) bond motifs is 1. The van der Waals surface area contributed by atoms with E-state index in [0.717, 1.165) is 71.1 Å². The Balaban J connectivity index is 0.00000308. The number of piperidine rings is 2. The summed E-state index contributed by atoms with van der Waals surface area (Å²) >= 11 is 1.77. The molecule has 4 aliphatic rings. The first-order valence-electron chi connectivity index (χ1n) is 14.4. The van der Waals surface area contributed by atoms with Gasteiger partial charge in [0.15, 0.2) is 0 Å². The third kappa shape index (κ3) is 7.08. The molecule has 0 spiro atoms. The third-order valence-corrected chi connectivity index (χ3v) is 10.2. The van der Waals surface area contributed by atoms with E-state index in [4.69, 9.17) is 9.47 Å². The van der Waals surface area contributed by atoms with Crippen LogP contribution in [0.5, 0.6) is 5.75 Å². The number of nitrogens with zero attached hydrogens (tertiary/aromatic N) is 3. The summed E-state index contributed by atoms with van der Waals surface area (Å²) in [4.78, 5) is 25.3. The molecule has 39 heavy (non-hydrogen) atoms. The average molecular weight is 582 g/mol. The highest BCUT2D eigenvalue weighted by atomic mass is 35.5. The molecule has 4 saturated heterocycles. The number of halogens is 2. The van der Waals surface area contributed by atoms with Crippen LogP contribution in [0.4, 0.5) is 4.39 Å². The van der Waals surface area contributed by atoms with Crippen LogP contribution >= 0.6 is 24.2 Å². The maximum Gasteiger partial charge on any atom is 0.261 e.